The molecule has 0 spiro atoms. The molecule has 1 N–H and O–H groups in total. The van der Waals surface area contributed by atoms with Crippen molar-refractivity contribution < 1.29 is 5.11 Å². The number of fused-ring (bicyclic) bond motifs is 1. The number of aliphatic hydroxyl groups is 1. The van der Waals surface area contributed by atoms with E-state index in [0.717, 1.165) is 30.4 Å². The molecule has 0 bridgehead atoms. The van der Waals surface area contributed by atoms with Gasteiger partial charge in [0.1, 0.15) is 11.2 Å². The van der Waals surface area contributed by atoms with E-state index in [1.165, 1.54) is 0 Å². The van der Waals surface area contributed by atoms with Gasteiger partial charge in [-0.3, -0.25) is 0 Å². The molecule has 3 nitrogen and oxygen atoms in total. The van der Waals surface area contributed by atoms with E-state index in [-0.39, 0.29) is 5.15 Å². The normalized spacial score (nSPS) is 19.5. The molecule has 1 aromatic heterocycles. The highest BCUT2D eigenvalue weighted by molar-refractivity contribution is 6.30. The molecular formula is C11H11ClN2O. The quantitative estimate of drug-likeness (QED) is 0.686. The lowest BCUT2D eigenvalue weighted by molar-refractivity contribution is 0.151. The molecule has 0 amide bonds. The number of nitrogens with zero attached hydrogens (tertiary/aromatic N) is 2. The lowest BCUT2D eigenvalue weighted by Gasteiger charge is -2.22. The third-order valence-electron chi connectivity index (χ3n) is 2.89. The maximum atomic E-state index is 9.77. The number of nitriles is 1. The summed E-state index contributed by atoms with van der Waals surface area (Å²) in [6, 6.07) is 2.05. The molecule has 1 aliphatic rings. The summed E-state index contributed by atoms with van der Waals surface area (Å²) in [5, 5.41) is 18.9. The first-order chi connectivity index (χ1) is 7.15. The van der Waals surface area contributed by atoms with E-state index in [2.05, 4.69) is 11.1 Å². The molecule has 1 heterocycles. The Hall–Kier alpha value is -1.11. The van der Waals surface area contributed by atoms with Gasteiger partial charge in [-0.1, -0.05) is 11.6 Å². The van der Waals surface area contributed by atoms with E-state index in [1.54, 1.807) is 0 Å². The van der Waals surface area contributed by atoms with Crippen molar-refractivity contribution in [1.29, 1.82) is 5.26 Å². The third-order valence-corrected chi connectivity index (χ3v) is 3.17. The maximum Gasteiger partial charge on any atom is 0.147 e. The van der Waals surface area contributed by atoms with Crippen LogP contribution in [-0.4, -0.2) is 10.1 Å². The lowest BCUT2D eigenvalue weighted by atomic mass is 9.89. The molecule has 15 heavy (non-hydrogen) atoms. The lowest BCUT2D eigenvalue weighted by Crippen LogP contribution is -2.14. The second-order valence-corrected chi connectivity index (χ2v) is 4.14. The molecule has 4 heteroatoms. The summed E-state index contributed by atoms with van der Waals surface area (Å²) >= 11 is 5.89. The van der Waals surface area contributed by atoms with Crippen molar-refractivity contribution in [1.82, 2.24) is 4.98 Å². The van der Waals surface area contributed by atoms with E-state index < -0.39 is 6.10 Å². The fraction of sp³-hybridized carbons (Fsp3) is 0.455. The summed E-state index contributed by atoms with van der Waals surface area (Å²) in [5.41, 5.74) is 2.95. The molecule has 1 atom stereocenters. The number of halogens is 1. The molecule has 0 saturated heterocycles. The van der Waals surface area contributed by atoms with Crippen molar-refractivity contribution in [2.45, 2.75) is 32.3 Å². The predicted octanol–water partition coefficient (Wildman–Crippen LogP) is 2.28. The number of hydrogen-bond donors (Lipinski definition) is 1. The van der Waals surface area contributed by atoms with E-state index >= 15 is 0 Å². The standard InChI is InChI=1S/C11H11ClN2O/c1-6-7-3-2-4-9(15)10(7)14-11(12)8(6)5-13/h9,15H,2-4H2,1H3. The summed E-state index contributed by atoms with van der Waals surface area (Å²) in [5.74, 6) is 0. The zero-order chi connectivity index (χ0) is 11.0. The molecule has 78 valence electrons. The summed E-state index contributed by atoms with van der Waals surface area (Å²) < 4.78 is 0. The molecule has 0 radical (unpaired) electrons. The van der Waals surface area contributed by atoms with Gasteiger partial charge in [-0.2, -0.15) is 5.26 Å². The second-order valence-electron chi connectivity index (χ2n) is 3.79. The zero-order valence-corrected chi connectivity index (χ0v) is 9.17. The zero-order valence-electron chi connectivity index (χ0n) is 8.42. The van der Waals surface area contributed by atoms with E-state index in [9.17, 15) is 5.11 Å². The summed E-state index contributed by atoms with van der Waals surface area (Å²) in [7, 11) is 0. The second kappa shape index (κ2) is 3.80. The van der Waals surface area contributed by atoms with E-state index in [4.69, 9.17) is 16.9 Å². The topological polar surface area (TPSA) is 56.9 Å². The molecule has 2 rings (SSSR count). The van der Waals surface area contributed by atoms with Crippen LogP contribution in [0.3, 0.4) is 0 Å². The Kier molecular flexibility index (Phi) is 2.64. The van der Waals surface area contributed by atoms with Crippen molar-refractivity contribution in [3.05, 3.63) is 27.5 Å². The van der Waals surface area contributed by atoms with Gasteiger partial charge in [0, 0.05) is 0 Å². The largest absolute Gasteiger partial charge is 0.387 e. The predicted molar refractivity (Wildman–Crippen MR) is 56.6 cm³/mol. The van der Waals surface area contributed by atoms with Crippen molar-refractivity contribution in [2.75, 3.05) is 0 Å². The van der Waals surface area contributed by atoms with Crippen molar-refractivity contribution in [2.24, 2.45) is 0 Å². The van der Waals surface area contributed by atoms with E-state index in [0.29, 0.717) is 11.3 Å². The summed E-state index contributed by atoms with van der Waals surface area (Å²) in [6.45, 7) is 1.86. The highest BCUT2D eigenvalue weighted by atomic mass is 35.5. The minimum atomic E-state index is -0.530. The Morgan fingerprint density at radius 2 is 2.33 bits per heavy atom. The monoisotopic (exact) mass is 222 g/mol. The van der Waals surface area contributed by atoms with Gasteiger partial charge in [0.25, 0.3) is 0 Å². The van der Waals surface area contributed by atoms with Crippen LogP contribution in [0.5, 0.6) is 0 Å². The van der Waals surface area contributed by atoms with Crippen LogP contribution < -0.4 is 0 Å². The van der Waals surface area contributed by atoms with Gasteiger partial charge in [-0.25, -0.2) is 4.98 Å². The van der Waals surface area contributed by atoms with Gasteiger partial charge in [0.15, 0.2) is 0 Å². The summed E-state index contributed by atoms with van der Waals surface area (Å²) in [4.78, 5) is 4.12. The van der Waals surface area contributed by atoms with Crippen LogP contribution in [0.4, 0.5) is 0 Å². The molecule has 0 saturated carbocycles. The maximum absolute atomic E-state index is 9.77. The smallest absolute Gasteiger partial charge is 0.147 e. The van der Waals surface area contributed by atoms with Crippen LogP contribution in [0, 0.1) is 18.3 Å². The molecule has 0 aromatic carbocycles. The fourth-order valence-electron chi connectivity index (χ4n) is 2.06. The minimum Gasteiger partial charge on any atom is -0.387 e. The van der Waals surface area contributed by atoms with Gasteiger partial charge in [-0.15, -0.1) is 0 Å². The van der Waals surface area contributed by atoms with Gasteiger partial charge in [-0.05, 0) is 37.3 Å². The molecule has 0 fully saturated rings. The number of rotatable bonds is 0. The first kappa shape index (κ1) is 10.4. The number of aromatic nitrogens is 1. The Labute approximate surface area is 93.3 Å². The van der Waals surface area contributed by atoms with Crippen LogP contribution in [0.2, 0.25) is 5.15 Å². The average molecular weight is 223 g/mol. The Bertz CT molecular complexity index is 451. The molecule has 1 aliphatic carbocycles. The highest BCUT2D eigenvalue weighted by Gasteiger charge is 2.24. The van der Waals surface area contributed by atoms with Crippen molar-refractivity contribution in [3.8, 4) is 6.07 Å². The van der Waals surface area contributed by atoms with Gasteiger partial charge in [0.2, 0.25) is 0 Å². The van der Waals surface area contributed by atoms with Crippen LogP contribution >= 0.6 is 11.6 Å². The van der Waals surface area contributed by atoms with Gasteiger partial charge >= 0.3 is 0 Å². The van der Waals surface area contributed by atoms with E-state index in [1.807, 2.05) is 6.92 Å². The van der Waals surface area contributed by atoms with Crippen LogP contribution in [0.25, 0.3) is 0 Å². The highest BCUT2D eigenvalue weighted by Crippen LogP contribution is 2.33. The fourth-order valence-corrected chi connectivity index (χ4v) is 2.33. The van der Waals surface area contributed by atoms with Crippen LogP contribution in [0.1, 0.15) is 41.3 Å². The first-order valence-electron chi connectivity index (χ1n) is 4.92. The minimum absolute atomic E-state index is 0.203. The molecule has 1 unspecified atom stereocenters. The van der Waals surface area contributed by atoms with Gasteiger partial charge in [0.05, 0.1) is 17.4 Å². The Morgan fingerprint density at radius 1 is 1.60 bits per heavy atom. The number of pyridine rings is 1. The van der Waals surface area contributed by atoms with Crippen molar-refractivity contribution >= 4 is 11.6 Å². The van der Waals surface area contributed by atoms with Crippen molar-refractivity contribution in [3.63, 3.8) is 0 Å². The average Bonchev–Trinajstić information content (AvgIpc) is 2.20. The Morgan fingerprint density at radius 3 is 3.00 bits per heavy atom. The molecule has 0 aliphatic heterocycles. The van der Waals surface area contributed by atoms with Crippen LogP contribution in [-0.2, 0) is 6.42 Å². The summed E-state index contributed by atoms with van der Waals surface area (Å²) in [6.07, 6.45) is 2.00. The molecule has 1 aromatic rings. The number of aliphatic hydroxyl groups excluding tert-OH is 1. The van der Waals surface area contributed by atoms with Crippen LogP contribution in [0.15, 0.2) is 0 Å². The SMILES string of the molecule is Cc1c(C#N)c(Cl)nc2c1CCCC2O. The molecular weight excluding hydrogens is 212 g/mol. The number of hydrogen-bond acceptors (Lipinski definition) is 3. The third kappa shape index (κ3) is 1.60. The Balaban J connectivity index is 2.67. The first-order valence-corrected chi connectivity index (χ1v) is 5.30. The van der Waals surface area contributed by atoms with Gasteiger partial charge < -0.3 is 5.11 Å².